The van der Waals surface area contributed by atoms with E-state index in [4.69, 9.17) is 5.11 Å². The number of carboxylic acids is 1. The zero-order valence-electron chi connectivity index (χ0n) is 9.53. The predicted octanol–water partition coefficient (Wildman–Crippen LogP) is 1.87. The first kappa shape index (κ1) is 12.6. The average molecular weight is 262 g/mol. The van der Waals surface area contributed by atoms with Gasteiger partial charge in [-0.2, -0.15) is 0 Å². The Balaban J connectivity index is 2.90. The molecule has 2 aromatic carbocycles. The summed E-state index contributed by atoms with van der Waals surface area (Å²) >= 11 is 0. The number of hydrogen-bond acceptors (Lipinski definition) is 5. The van der Waals surface area contributed by atoms with E-state index in [1.807, 2.05) is 0 Å². The van der Waals surface area contributed by atoms with E-state index in [0.29, 0.717) is 0 Å². The van der Waals surface area contributed by atoms with Gasteiger partial charge in [-0.1, -0.05) is 30.3 Å². The highest BCUT2D eigenvalue weighted by atomic mass is 16.4. The van der Waals surface area contributed by atoms with Crippen LogP contribution < -0.4 is 0 Å². The second kappa shape index (κ2) is 4.41. The maximum atomic E-state index is 11.2. The van der Waals surface area contributed by atoms with Crippen LogP contribution in [0.2, 0.25) is 0 Å². The van der Waals surface area contributed by atoms with E-state index in [0.717, 1.165) is 0 Å². The van der Waals surface area contributed by atoms with Crippen molar-refractivity contribution in [1.29, 1.82) is 0 Å². The number of hydrogen-bond donors (Lipinski definition) is 5. The molecule has 0 spiro atoms. The molecule has 0 aliphatic heterocycles. The Labute approximate surface area is 107 Å². The van der Waals surface area contributed by atoms with Crippen molar-refractivity contribution < 1.29 is 30.3 Å². The van der Waals surface area contributed by atoms with Crippen molar-refractivity contribution in [2.75, 3.05) is 0 Å². The molecule has 0 fully saturated rings. The number of phenolic OH excluding ortho intramolecular Hbond substituents is 3. The zero-order valence-corrected chi connectivity index (χ0v) is 9.53. The van der Waals surface area contributed by atoms with Crippen molar-refractivity contribution in [3.05, 3.63) is 35.9 Å². The van der Waals surface area contributed by atoms with E-state index >= 15 is 0 Å². The Morgan fingerprint density at radius 2 is 1.32 bits per heavy atom. The number of carboxylic acid groups (broad SMARTS) is 1. The Morgan fingerprint density at radius 3 is 1.84 bits per heavy atom. The first-order valence-electron chi connectivity index (χ1n) is 5.23. The second-order valence-electron chi connectivity index (χ2n) is 3.82. The van der Waals surface area contributed by atoms with Crippen LogP contribution >= 0.6 is 0 Å². The highest BCUT2D eigenvalue weighted by Crippen LogP contribution is 2.50. The number of aromatic hydroxyl groups is 4. The molecule has 98 valence electrons. The van der Waals surface area contributed by atoms with Gasteiger partial charge in [0.1, 0.15) is 5.56 Å². The maximum Gasteiger partial charge on any atom is 0.340 e. The van der Waals surface area contributed by atoms with Gasteiger partial charge in [-0.3, -0.25) is 0 Å². The van der Waals surface area contributed by atoms with Gasteiger partial charge in [0, 0.05) is 5.56 Å². The van der Waals surface area contributed by atoms with Crippen LogP contribution in [0.3, 0.4) is 0 Å². The molecule has 19 heavy (non-hydrogen) atoms. The number of benzene rings is 2. The third-order valence-corrected chi connectivity index (χ3v) is 2.67. The molecule has 6 heteroatoms. The Morgan fingerprint density at radius 1 is 0.789 bits per heavy atom. The predicted molar refractivity (Wildman–Crippen MR) is 65.5 cm³/mol. The minimum atomic E-state index is -1.54. The fourth-order valence-corrected chi connectivity index (χ4v) is 1.79. The molecule has 0 atom stereocenters. The number of phenols is 4. The van der Waals surface area contributed by atoms with Crippen LogP contribution in [0, 0.1) is 0 Å². The summed E-state index contributed by atoms with van der Waals surface area (Å²) in [7, 11) is 0. The van der Waals surface area contributed by atoms with Gasteiger partial charge in [0.25, 0.3) is 0 Å². The molecule has 2 rings (SSSR count). The van der Waals surface area contributed by atoms with Gasteiger partial charge in [-0.15, -0.1) is 0 Å². The van der Waals surface area contributed by atoms with Crippen molar-refractivity contribution >= 4 is 5.97 Å². The van der Waals surface area contributed by atoms with Gasteiger partial charge in [-0.05, 0) is 5.56 Å². The monoisotopic (exact) mass is 262 g/mol. The topological polar surface area (TPSA) is 118 Å². The van der Waals surface area contributed by atoms with Crippen LogP contribution in [0.1, 0.15) is 10.4 Å². The number of aromatic carboxylic acids is 1. The SMILES string of the molecule is O=C(O)c1c(O)c(O)c(O)c(O)c1-c1ccccc1. The van der Waals surface area contributed by atoms with Gasteiger partial charge in [0.2, 0.25) is 11.5 Å². The largest absolute Gasteiger partial charge is 0.504 e. The smallest absolute Gasteiger partial charge is 0.340 e. The highest BCUT2D eigenvalue weighted by molar-refractivity contribution is 6.03. The minimum absolute atomic E-state index is 0.263. The fraction of sp³-hybridized carbons (Fsp3) is 0. The standard InChI is InChI=1S/C13H10O6/c14-9-7(6-4-2-1-3-5-6)8(13(18)19)10(15)12(17)11(9)16/h1-5,14-17H,(H,18,19). The van der Waals surface area contributed by atoms with E-state index < -0.39 is 34.5 Å². The first-order chi connectivity index (χ1) is 8.95. The highest BCUT2D eigenvalue weighted by Gasteiger charge is 2.28. The molecule has 0 bridgehead atoms. The summed E-state index contributed by atoms with van der Waals surface area (Å²) in [6, 6.07) is 7.87. The summed E-state index contributed by atoms with van der Waals surface area (Å²) in [6.45, 7) is 0. The van der Waals surface area contributed by atoms with E-state index in [1.165, 1.54) is 12.1 Å². The van der Waals surface area contributed by atoms with Crippen LogP contribution in [0.15, 0.2) is 30.3 Å². The van der Waals surface area contributed by atoms with Gasteiger partial charge >= 0.3 is 5.97 Å². The minimum Gasteiger partial charge on any atom is -0.504 e. The fourth-order valence-electron chi connectivity index (χ4n) is 1.79. The molecule has 0 saturated carbocycles. The van der Waals surface area contributed by atoms with E-state index in [2.05, 4.69) is 0 Å². The molecule has 0 aromatic heterocycles. The van der Waals surface area contributed by atoms with Crippen LogP contribution in [0.5, 0.6) is 23.0 Å². The summed E-state index contributed by atoms with van der Waals surface area (Å²) in [4.78, 5) is 11.2. The molecule has 0 radical (unpaired) electrons. The molecule has 2 aromatic rings. The van der Waals surface area contributed by atoms with Crippen LogP contribution in [0.4, 0.5) is 0 Å². The van der Waals surface area contributed by atoms with Crippen molar-refractivity contribution in [2.45, 2.75) is 0 Å². The van der Waals surface area contributed by atoms with E-state index in [1.54, 1.807) is 18.2 Å². The Hall–Kier alpha value is -2.89. The molecule has 0 heterocycles. The lowest BCUT2D eigenvalue weighted by Crippen LogP contribution is -2.01. The molecular formula is C13H10O6. The molecule has 0 aliphatic rings. The van der Waals surface area contributed by atoms with E-state index in [-0.39, 0.29) is 11.1 Å². The van der Waals surface area contributed by atoms with Crippen molar-refractivity contribution in [3.63, 3.8) is 0 Å². The lowest BCUT2D eigenvalue weighted by Gasteiger charge is -2.13. The van der Waals surface area contributed by atoms with Crippen molar-refractivity contribution in [1.82, 2.24) is 0 Å². The third-order valence-electron chi connectivity index (χ3n) is 2.67. The molecule has 6 nitrogen and oxygen atoms in total. The van der Waals surface area contributed by atoms with E-state index in [9.17, 15) is 25.2 Å². The quantitative estimate of drug-likeness (QED) is 0.416. The lowest BCUT2D eigenvalue weighted by atomic mass is 9.96. The number of rotatable bonds is 2. The molecule has 0 aliphatic carbocycles. The van der Waals surface area contributed by atoms with Gasteiger partial charge < -0.3 is 25.5 Å². The normalized spacial score (nSPS) is 10.3. The summed E-state index contributed by atoms with van der Waals surface area (Å²) in [5.74, 6) is -5.39. The second-order valence-corrected chi connectivity index (χ2v) is 3.82. The summed E-state index contributed by atoms with van der Waals surface area (Å²) < 4.78 is 0. The summed E-state index contributed by atoms with van der Waals surface area (Å²) in [6.07, 6.45) is 0. The molecular weight excluding hydrogens is 252 g/mol. The average Bonchev–Trinajstić information content (AvgIpc) is 2.40. The van der Waals surface area contributed by atoms with Crippen LogP contribution in [0.25, 0.3) is 11.1 Å². The zero-order chi connectivity index (χ0) is 14.2. The molecule has 0 amide bonds. The van der Waals surface area contributed by atoms with Gasteiger partial charge in [-0.25, -0.2) is 4.79 Å². The first-order valence-corrected chi connectivity index (χ1v) is 5.23. The third kappa shape index (κ3) is 1.89. The summed E-state index contributed by atoms with van der Waals surface area (Å²) in [5.41, 5.74) is -0.664. The van der Waals surface area contributed by atoms with Crippen molar-refractivity contribution in [3.8, 4) is 34.1 Å². The molecule has 5 N–H and O–H groups in total. The maximum absolute atomic E-state index is 11.2. The number of carbonyl (C=O) groups is 1. The summed E-state index contributed by atoms with van der Waals surface area (Å²) in [5, 5.41) is 47.3. The van der Waals surface area contributed by atoms with Crippen molar-refractivity contribution in [2.24, 2.45) is 0 Å². The molecule has 0 unspecified atom stereocenters. The molecule has 0 saturated heterocycles. The lowest BCUT2D eigenvalue weighted by molar-refractivity contribution is 0.0693. The van der Waals surface area contributed by atoms with Gasteiger partial charge in [0.15, 0.2) is 11.5 Å². The van der Waals surface area contributed by atoms with Crippen LogP contribution in [-0.4, -0.2) is 31.5 Å². The van der Waals surface area contributed by atoms with Crippen LogP contribution in [-0.2, 0) is 0 Å². The Kier molecular flexibility index (Phi) is 2.92. The Bertz CT molecular complexity index is 648. The van der Waals surface area contributed by atoms with Gasteiger partial charge in [0.05, 0.1) is 0 Å².